The third-order valence-electron chi connectivity index (χ3n) is 6.04. The van der Waals surface area contributed by atoms with E-state index in [2.05, 4.69) is 34.6 Å². The number of aromatic nitrogens is 2. The summed E-state index contributed by atoms with van der Waals surface area (Å²) in [5, 5.41) is 6.69. The van der Waals surface area contributed by atoms with E-state index in [4.69, 9.17) is 9.47 Å². The fraction of sp³-hybridized carbons (Fsp3) is 0.481. The molecule has 0 amide bonds. The molecule has 1 aliphatic rings. The molecule has 1 saturated heterocycles. The Morgan fingerprint density at radius 3 is 2.66 bits per heavy atom. The van der Waals surface area contributed by atoms with Crippen molar-refractivity contribution < 1.29 is 13.9 Å². The molecule has 0 saturated carbocycles. The maximum atomic E-state index is 14.0. The van der Waals surface area contributed by atoms with Crippen molar-refractivity contribution in [2.45, 2.75) is 44.5 Å². The third kappa shape index (κ3) is 7.64. The van der Waals surface area contributed by atoms with E-state index < -0.39 is 19.8 Å². The topological polar surface area (TPSA) is 68.3 Å². The molecule has 1 fully saturated rings. The van der Waals surface area contributed by atoms with Gasteiger partial charge in [-0.2, -0.15) is 0 Å². The van der Waals surface area contributed by atoms with Crippen LogP contribution in [0.25, 0.3) is 0 Å². The quantitative estimate of drug-likeness (QED) is 0.206. The van der Waals surface area contributed by atoms with E-state index in [1.807, 2.05) is 39.0 Å². The molecular weight excluding hydrogens is 558 g/mol. The number of rotatable bonds is 9. The molecule has 0 aliphatic carbocycles. The van der Waals surface area contributed by atoms with Crippen molar-refractivity contribution in [1.82, 2.24) is 15.3 Å². The minimum atomic E-state index is -0.957. The number of anilines is 2. The van der Waals surface area contributed by atoms with Gasteiger partial charge in [0.2, 0.25) is 0 Å². The first-order valence-electron chi connectivity index (χ1n) is 12.0. The number of nitrogens with zero attached hydrogens (tertiary/aromatic N) is 2. The number of alkyl halides is 3. The van der Waals surface area contributed by atoms with Crippen molar-refractivity contribution in [3.63, 3.8) is 0 Å². The number of benzene rings is 1. The van der Waals surface area contributed by atoms with Crippen LogP contribution in [0, 0.1) is 25.6 Å². The molecule has 6 nitrogen and oxygen atoms in total. The molecule has 192 valence electrons. The van der Waals surface area contributed by atoms with Crippen LogP contribution in [0.3, 0.4) is 0 Å². The monoisotopic (exact) mass is 596 g/mol. The molecule has 2 heterocycles. The Morgan fingerprint density at radius 2 is 1.94 bits per heavy atom. The van der Waals surface area contributed by atoms with Crippen LogP contribution in [0.4, 0.5) is 15.9 Å². The third-order valence-corrected chi connectivity index (χ3v) is 13.7. The van der Waals surface area contributed by atoms with Crippen LogP contribution in [0.1, 0.15) is 37.1 Å². The summed E-state index contributed by atoms with van der Waals surface area (Å²) in [5.41, 5.74) is 3.04. The zero-order chi connectivity index (χ0) is 25.4. The molecule has 2 aromatic rings. The van der Waals surface area contributed by atoms with Crippen LogP contribution in [-0.2, 0) is 6.42 Å². The van der Waals surface area contributed by atoms with Crippen LogP contribution in [-0.4, -0.2) is 43.6 Å². The molecule has 0 spiro atoms. The molecule has 0 bridgehead atoms. The van der Waals surface area contributed by atoms with E-state index in [1.54, 1.807) is 13.2 Å². The van der Waals surface area contributed by atoms with Gasteiger partial charge in [0.05, 0.1) is 0 Å². The molecule has 1 aromatic heterocycles. The van der Waals surface area contributed by atoms with Gasteiger partial charge in [-0.05, 0) is 18.1 Å². The average Bonchev–Trinajstić information content (AvgIpc) is 3.19. The van der Waals surface area contributed by atoms with Gasteiger partial charge in [-0.3, -0.25) is 0 Å². The van der Waals surface area contributed by atoms with Gasteiger partial charge in [-0.25, -0.2) is 4.39 Å². The maximum absolute atomic E-state index is 14.0. The van der Waals surface area contributed by atoms with Gasteiger partial charge >= 0.3 is 182 Å². The summed E-state index contributed by atoms with van der Waals surface area (Å²) in [6, 6.07) is 8.82. The molecule has 2 atom stereocenters. The number of nitrogens with one attached hydrogen (secondary N) is 2. The van der Waals surface area contributed by atoms with Gasteiger partial charge in [0.25, 0.3) is 0 Å². The molecule has 1 aliphatic heterocycles. The van der Waals surface area contributed by atoms with Crippen molar-refractivity contribution in [2.24, 2.45) is 5.92 Å². The summed E-state index contributed by atoms with van der Waals surface area (Å²) < 4.78 is 29.4. The Hall–Kier alpha value is -2.20. The normalized spacial score (nSPS) is 18.2. The van der Waals surface area contributed by atoms with E-state index >= 15 is 0 Å². The number of ether oxygens (including phenoxy) is 2. The van der Waals surface area contributed by atoms with Crippen LogP contribution in [0.5, 0.6) is 11.5 Å². The second-order valence-corrected chi connectivity index (χ2v) is 15.5. The van der Waals surface area contributed by atoms with Crippen molar-refractivity contribution in [2.75, 3.05) is 35.1 Å². The van der Waals surface area contributed by atoms with Crippen LogP contribution >= 0.6 is 19.8 Å². The van der Waals surface area contributed by atoms with E-state index in [0.29, 0.717) is 41.8 Å². The first kappa shape index (κ1) is 27.4. The molecule has 1 aromatic carbocycles. The molecule has 3 rings (SSSR count). The zero-order valence-electron chi connectivity index (χ0n) is 21.6. The molecule has 1 unspecified atom stereocenters. The Bertz CT molecular complexity index is 1070. The number of halogens is 2. The summed E-state index contributed by atoms with van der Waals surface area (Å²) in [4.78, 5) is 8.98. The summed E-state index contributed by atoms with van der Waals surface area (Å²) >= 11 is -0.957. The number of methoxy groups -OCH3 is 1. The first-order chi connectivity index (χ1) is 16.8. The molecule has 8 heteroatoms. The zero-order valence-corrected chi connectivity index (χ0v) is 23.8. The fourth-order valence-corrected chi connectivity index (χ4v) is 10.7. The second kappa shape index (κ2) is 13.2. The number of aryl methyl sites for hydroxylation is 3. The Morgan fingerprint density at radius 1 is 1.14 bits per heavy atom. The van der Waals surface area contributed by atoms with Crippen molar-refractivity contribution >= 4 is 31.3 Å². The SMILES string of the molecule is CCc1cc(Nc2ncnc(C)cc(OCC3C[C@@H](C)I(CNC)C3)c(OC)cc2C)ccc1F. The fourth-order valence-electron chi connectivity index (χ4n) is 4.14. The minimum absolute atomic E-state index is 0.205. The standard InChI is InChI=1S/C27H38FIN4O2/c1-7-22-13-23(8-9-24(22)28)33-27-18(2)10-25(34-6)26(12-20(4)31-17-32-27)35-15-21-11-19(3)29(14-21)16-30-5/h8-10,12-13,17,19,21,30H,7,11,14-16H2,1-6H3,(H,31,32,33)/t19-,21?/m1/s1. The van der Waals surface area contributed by atoms with E-state index in [-0.39, 0.29) is 5.82 Å². The predicted octanol–water partition coefficient (Wildman–Crippen LogP) is 6.14. The molecular formula is C27H38FIN4O2. The molecule has 2 N–H and O–H groups in total. The van der Waals surface area contributed by atoms with Gasteiger partial charge in [-0.15, -0.1) is 0 Å². The smallest absolute Gasteiger partial charge is 0.207 e. The summed E-state index contributed by atoms with van der Waals surface area (Å²) in [6.07, 6.45) is 3.37. The molecule has 0 radical (unpaired) electrons. The van der Waals surface area contributed by atoms with Gasteiger partial charge in [0.1, 0.15) is 5.82 Å². The number of hydrogen-bond acceptors (Lipinski definition) is 6. The Labute approximate surface area is 216 Å². The first-order valence-corrected chi connectivity index (χ1v) is 16.3. The summed E-state index contributed by atoms with van der Waals surface area (Å²) in [6.45, 7) is 8.87. The minimum Gasteiger partial charge on any atom is -0.207 e. The van der Waals surface area contributed by atoms with E-state index in [9.17, 15) is 4.39 Å². The van der Waals surface area contributed by atoms with E-state index in [1.165, 1.54) is 27.8 Å². The predicted molar refractivity (Wildman–Crippen MR) is 151 cm³/mol. The van der Waals surface area contributed by atoms with Gasteiger partial charge in [0.15, 0.2) is 0 Å². The van der Waals surface area contributed by atoms with Crippen molar-refractivity contribution in [1.29, 1.82) is 0 Å². The summed E-state index contributed by atoms with van der Waals surface area (Å²) in [5.74, 6) is 2.28. The Balaban J connectivity index is 1.90. The van der Waals surface area contributed by atoms with E-state index in [0.717, 1.165) is 20.9 Å². The second-order valence-electron chi connectivity index (χ2n) is 8.89. The average molecular weight is 597 g/mol. The van der Waals surface area contributed by atoms with Gasteiger partial charge < -0.3 is 0 Å². The van der Waals surface area contributed by atoms with Crippen LogP contribution in [0.15, 0.2) is 36.7 Å². The van der Waals surface area contributed by atoms with Crippen molar-refractivity contribution in [3.05, 3.63) is 59.3 Å². The van der Waals surface area contributed by atoms with Crippen LogP contribution < -0.4 is 20.1 Å². The summed E-state index contributed by atoms with van der Waals surface area (Å²) in [7, 11) is 3.70. The van der Waals surface area contributed by atoms with Gasteiger partial charge in [-0.1, -0.05) is 6.92 Å². The number of hydrogen-bond donors (Lipinski definition) is 2. The Kier molecular flexibility index (Phi) is 10.3. The van der Waals surface area contributed by atoms with Crippen molar-refractivity contribution in [3.8, 4) is 11.5 Å². The molecule has 35 heavy (non-hydrogen) atoms. The van der Waals surface area contributed by atoms with Gasteiger partial charge in [0, 0.05) is 0 Å². The van der Waals surface area contributed by atoms with Crippen LogP contribution in [0.2, 0.25) is 0 Å².